The van der Waals surface area contributed by atoms with Gasteiger partial charge in [0.15, 0.2) is 0 Å². The number of hydrogen-bond donors (Lipinski definition) is 0. The summed E-state index contributed by atoms with van der Waals surface area (Å²) in [7, 11) is -4.36. The van der Waals surface area contributed by atoms with Gasteiger partial charge in [0.05, 0.1) is 0 Å². The molecule has 7 heteroatoms. The van der Waals surface area contributed by atoms with Crippen LogP contribution in [0.2, 0.25) is 0 Å². The first-order valence-electron chi connectivity index (χ1n) is 4.99. The second-order valence-corrected chi connectivity index (χ2v) is 5.58. The Hall–Kier alpha value is -1.34. The lowest BCUT2D eigenvalue weighted by molar-refractivity contribution is -0.0479. The molecular weight excluding hydrogens is 267 g/mol. The third kappa shape index (κ3) is 3.58. The molecule has 0 fully saturated rings. The molecule has 1 rings (SSSR count). The van der Waals surface area contributed by atoms with Crippen molar-refractivity contribution in [3.8, 4) is 0 Å². The maximum absolute atomic E-state index is 12.2. The van der Waals surface area contributed by atoms with Gasteiger partial charge < -0.3 is 0 Å². The Bertz CT molecular complexity index is 509. The summed E-state index contributed by atoms with van der Waals surface area (Å²) < 4.78 is 58.7. The average Bonchev–Trinajstić information content (AvgIpc) is 2.28. The Morgan fingerprint density at radius 3 is 2.28 bits per heavy atom. The van der Waals surface area contributed by atoms with Crippen LogP contribution in [0.25, 0.3) is 6.08 Å². The van der Waals surface area contributed by atoms with Crippen LogP contribution in [-0.2, 0) is 10.0 Å². The van der Waals surface area contributed by atoms with E-state index in [2.05, 4.69) is 0 Å². The summed E-state index contributed by atoms with van der Waals surface area (Å²) in [5.74, 6) is 0. The van der Waals surface area contributed by atoms with Crippen molar-refractivity contribution < 1.29 is 21.6 Å². The van der Waals surface area contributed by atoms with Gasteiger partial charge in [0, 0.05) is 13.6 Å². The molecule has 0 spiro atoms. The van der Waals surface area contributed by atoms with Crippen LogP contribution in [0.1, 0.15) is 5.56 Å². The molecule has 0 radical (unpaired) electrons. The highest BCUT2D eigenvalue weighted by Crippen LogP contribution is 2.25. The first-order valence-corrected chi connectivity index (χ1v) is 6.43. The first-order chi connectivity index (χ1) is 8.25. The lowest BCUT2D eigenvalue weighted by atomic mass is 10.2. The fourth-order valence-corrected chi connectivity index (χ4v) is 1.81. The van der Waals surface area contributed by atoms with E-state index in [0.717, 1.165) is 12.6 Å². The van der Waals surface area contributed by atoms with Gasteiger partial charge in [0.2, 0.25) is 0 Å². The van der Waals surface area contributed by atoms with E-state index in [1.807, 2.05) is 0 Å². The van der Waals surface area contributed by atoms with Gasteiger partial charge in [-0.05, 0) is 5.56 Å². The van der Waals surface area contributed by atoms with Gasteiger partial charge in [0.1, 0.15) is 0 Å². The second kappa shape index (κ2) is 5.53. The second-order valence-electron chi connectivity index (χ2n) is 3.54. The van der Waals surface area contributed by atoms with E-state index in [0.29, 0.717) is 0 Å². The van der Waals surface area contributed by atoms with Crippen LogP contribution in [0.15, 0.2) is 36.4 Å². The number of likely N-dealkylation sites (N-methyl/N-ethyl adjacent to an activating group) is 1. The molecule has 0 aliphatic heterocycles. The molecule has 0 saturated heterocycles. The van der Waals surface area contributed by atoms with Crippen LogP contribution in [0.3, 0.4) is 0 Å². The first kappa shape index (κ1) is 14.7. The minimum Gasteiger partial charge on any atom is -0.203 e. The van der Waals surface area contributed by atoms with Crippen molar-refractivity contribution >= 4 is 16.1 Å². The molecule has 0 N–H and O–H groups in total. The van der Waals surface area contributed by atoms with Crippen molar-refractivity contribution in [3.63, 3.8) is 0 Å². The maximum atomic E-state index is 12.2. The highest BCUT2D eigenvalue weighted by atomic mass is 32.2. The zero-order chi connectivity index (χ0) is 13.8. The quantitative estimate of drug-likeness (QED) is 0.849. The molecule has 18 heavy (non-hydrogen) atoms. The Labute approximate surface area is 104 Å². The smallest absolute Gasteiger partial charge is 0.203 e. The molecule has 1 aromatic rings. The zero-order valence-corrected chi connectivity index (χ0v) is 10.4. The van der Waals surface area contributed by atoms with Crippen molar-refractivity contribution in [2.45, 2.75) is 5.51 Å². The van der Waals surface area contributed by atoms with Crippen LogP contribution < -0.4 is 0 Å². The fraction of sp³-hybridized carbons (Fsp3) is 0.273. The minimum absolute atomic E-state index is 0.256. The average molecular weight is 279 g/mol. The third-order valence-electron chi connectivity index (χ3n) is 2.18. The normalized spacial score (nSPS) is 13.4. The number of hydrogen-bond acceptors (Lipinski definition) is 2. The van der Waals surface area contributed by atoms with Crippen molar-refractivity contribution in [3.05, 3.63) is 42.0 Å². The number of alkyl halides is 3. The number of sulfonamides is 1. The van der Waals surface area contributed by atoms with Gasteiger partial charge in [-0.15, -0.1) is 0 Å². The van der Waals surface area contributed by atoms with Crippen molar-refractivity contribution in [1.82, 2.24) is 4.31 Å². The lowest BCUT2D eigenvalue weighted by Gasteiger charge is -2.16. The molecule has 0 atom stereocenters. The van der Waals surface area contributed by atoms with E-state index < -0.39 is 15.5 Å². The summed E-state index contributed by atoms with van der Waals surface area (Å²) >= 11 is 0. The van der Waals surface area contributed by atoms with E-state index in [9.17, 15) is 21.6 Å². The Kier molecular flexibility index (Phi) is 4.53. The van der Waals surface area contributed by atoms with E-state index in [-0.39, 0.29) is 10.8 Å². The van der Waals surface area contributed by atoms with Crippen molar-refractivity contribution in [1.29, 1.82) is 0 Å². The number of halogens is 3. The van der Waals surface area contributed by atoms with E-state index in [1.165, 1.54) is 6.08 Å². The Balaban J connectivity index is 2.68. The number of benzene rings is 1. The summed E-state index contributed by atoms with van der Waals surface area (Å²) in [5.41, 5.74) is -4.47. The highest BCUT2D eigenvalue weighted by molar-refractivity contribution is 7.89. The molecular formula is C11H12F3NO2S. The summed E-state index contributed by atoms with van der Waals surface area (Å²) in [5, 5.41) is 0. The van der Waals surface area contributed by atoms with Crippen molar-refractivity contribution in [2.75, 3.05) is 13.6 Å². The molecule has 1 aromatic carbocycles. The molecule has 3 nitrogen and oxygen atoms in total. The predicted molar refractivity (Wildman–Crippen MR) is 63.1 cm³/mol. The molecule has 0 bridgehead atoms. The van der Waals surface area contributed by atoms with Gasteiger partial charge in [-0.25, -0.2) is 8.42 Å². The maximum Gasteiger partial charge on any atom is 0.511 e. The van der Waals surface area contributed by atoms with Gasteiger partial charge in [-0.2, -0.15) is 17.5 Å². The monoisotopic (exact) mass is 279 g/mol. The van der Waals surface area contributed by atoms with Crippen LogP contribution in [-0.4, -0.2) is 31.8 Å². The summed E-state index contributed by atoms with van der Waals surface area (Å²) in [6.45, 7) is -0.337. The summed E-state index contributed by atoms with van der Waals surface area (Å²) in [4.78, 5) is 0. The molecule has 0 aliphatic carbocycles. The number of rotatable bonds is 4. The van der Waals surface area contributed by atoms with E-state index in [1.54, 1.807) is 36.4 Å². The molecule has 0 aromatic heterocycles. The van der Waals surface area contributed by atoms with Gasteiger partial charge >= 0.3 is 15.5 Å². The molecule has 100 valence electrons. The SMILES string of the molecule is CN(C/C=C/c1ccccc1)S(=O)(=O)C(F)(F)F. The minimum atomic E-state index is -5.26. The van der Waals surface area contributed by atoms with Gasteiger partial charge in [-0.1, -0.05) is 42.5 Å². The fourth-order valence-electron chi connectivity index (χ4n) is 1.18. The van der Waals surface area contributed by atoms with Crippen LogP contribution >= 0.6 is 0 Å². The third-order valence-corrected chi connectivity index (χ3v) is 3.73. The standard InChI is InChI=1S/C11H12F3NO2S/c1-15(18(16,17)11(12,13)14)9-5-8-10-6-3-2-4-7-10/h2-8H,9H2,1H3/b8-5+. The topological polar surface area (TPSA) is 37.4 Å². The zero-order valence-electron chi connectivity index (χ0n) is 9.55. The summed E-state index contributed by atoms with van der Waals surface area (Å²) in [6.07, 6.45) is 2.92. The predicted octanol–water partition coefficient (Wildman–Crippen LogP) is 2.48. The van der Waals surface area contributed by atoms with Gasteiger partial charge in [0.25, 0.3) is 0 Å². The van der Waals surface area contributed by atoms with Gasteiger partial charge in [-0.3, -0.25) is 0 Å². The molecule has 0 heterocycles. The largest absolute Gasteiger partial charge is 0.511 e. The van der Waals surface area contributed by atoms with Crippen LogP contribution in [0.4, 0.5) is 13.2 Å². The lowest BCUT2D eigenvalue weighted by Crippen LogP contribution is -2.38. The molecule has 0 amide bonds. The van der Waals surface area contributed by atoms with Crippen LogP contribution in [0, 0.1) is 0 Å². The molecule has 0 saturated carbocycles. The number of nitrogens with zero attached hydrogens (tertiary/aromatic N) is 1. The van der Waals surface area contributed by atoms with Crippen molar-refractivity contribution in [2.24, 2.45) is 0 Å². The summed E-state index contributed by atoms with van der Waals surface area (Å²) in [6, 6.07) is 8.87. The van der Waals surface area contributed by atoms with E-state index >= 15 is 0 Å². The highest BCUT2D eigenvalue weighted by Gasteiger charge is 2.48. The van der Waals surface area contributed by atoms with E-state index in [4.69, 9.17) is 0 Å². The van der Waals surface area contributed by atoms with Crippen LogP contribution in [0.5, 0.6) is 0 Å². The Morgan fingerprint density at radius 2 is 1.78 bits per heavy atom. The molecule has 0 unspecified atom stereocenters. The Morgan fingerprint density at radius 1 is 1.22 bits per heavy atom. The molecule has 0 aliphatic rings.